The Bertz CT molecular complexity index is 2170. The Morgan fingerprint density at radius 3 is 2.02 bits per heavy atom. The Kier molecular flexibility index (Phi) is 16.6. The molecule has 0 aliphatic carbocycles. The number of hydrogen-bond donors (Lipinski definition) is 3. The Hall–Kier alpha value is -5.31. The molecular formula is C46H53F3N4O6S. The molecule has 320 valence electrons. The number of hydrogen-bond acceptors (Lipinski definition) is 6. The minimum absolute atomic E-state index is 0.0563. The lowest BCUT2D eigenvalue weighted by molar-refractivity contribution is -0.192. The molecule has 6 rings (SSSR count). The van der Waals surface area contributed by atoms with Gasteiger partial charge in [-0.15, -0.1) is 0 Å². The molecule has 14 heteroatoms. The molecule has 0 radical (unpaired) electrons. The Morgan fingerprint density at radius 2 is 1.40 bits per heavy atom. The van der Waals surface area contributed by atoms with E-state index in [0.29, 0.717) is 31.0 Å². The highest BCUT2D eigenvalue weighted by atomic mass is 32.2. The molecule has 0 spiro atoms. The quantitative estimate of drug-likeness (QED) is 0.109. The fraction of sp³-hybridized carbons (Fsp3) is 0.370. The number of aliphatic carboxylic acids is 1. The molecule has 4 aromatic carbocycles. The number of carboxylic acids is 1. The van der Waals surface area contributed by atoms with E-state index in [4.69, 9.17) is 15.0 Å². The number of primary sulfonamides is 1. The predicted molar refractivity (Wildman–Crippen MR) is 226 cm³/mol. The fourth-order valence-corrected chi connectivity index (χ4v) is 8.10. The number of carboxylic acid groups (broad SMARTS) is 1. The zero-order valence-electron chi connectivity index (χ0n) is 33.5. The molecule has 0 saturated carbocycles. The molecule has 2 saturated heterocycles. The first kappa shape index (κ1) is 45.8. The van der Waals surface area contributed by atoms with Crippen molar-refractivity contribution < 1.29 is 41.1 Å². The average Bonchev–Trinajstić information content (AvgIpc) is 3.25. The van der Waals surface area contributed by atoms with Gasteiger partial charge in [-0.1, -0.05) is 92.1 Å². The van der Waals surface area contributed by atoms with Crippen molar-refractivity contribution in [3.05, 3.63) is 131 Å². The van der Waals surface area contributed by atoms with E-state index in [9.17, 15) is 31.2 Å². The van der Waals surface area contributed by atoms with Crippen LogP contribution in [0.3, 0.4) is 0 Å². The first-order valence-electron chi connectivity index (χ1n) is 20.3. The van der Waals surface area contributed by atoms with E-state index in [1.165, 1.54) is 44.2 Å². The summed E-state index contributed by atoms with van der Waals surface area (Å²) in [5.41, 5.74) is 5.44. The van der Waals surface area contributed by atoms with E-state index in [1.54, 1.807) is 23.1 Å². The molecule has 0 aromatic heterocycles. The second-order valence-corrected chi connectivity index (χ2v) is 16.9. The van der Waals surface area contributed by atoms with E-state index >= 15 is 0 Å². The number of halogens is 3. The van der Waals surface area contributed by atoms with Gasteiger partial charge in [0.1, 0.15) is 0 Å². The van der Waals surface area contributed by atoms with Crippen LogP contribution in [0.25, 0.3) is 17.2 Å². The van der Waals surface area contributed by atoms with Crippen molar-refractivity contribution in [3.63, 3.8) is 0 Å². The van der Waals surface area contributed by atoms with Crippen LogP contribution in [0.4, 0.5) is 13.2 Å². The summed E-state index contributed by atoms with van der Waals surface area (Å²) in [4.78, 5) is 40.0. The van der Waals surface area contributed by atoms with Crippen molar-refractivity contribution in [3.8, 4) is 11.1 Å². The number of alkyl halides is 3. The van der Waals surface area contributed by atoms with Crippen molar-refractivity contribution in [1.29, 1.82) is 0 Å². The van der Waals surface area contributed by atoms with Crippen molar-refractivity contribution in [2.75, 3.05) is 32.7 Å². The summed E-state index contributed by atoms with van der Waals surface area (Å²) in [6.07, 6.45) is 7.56. The summed E-state index contributed by atoms with van der Waals surface area (Å²) in [5.74, 6) is -1.20. The van der Waals surface area contributed by atoms with Crippen LogP contribution in [-0.4, -0.2) is 80.0 Å². The van der Waals surface area contributed by atoms with Crippen LogP contribution in [0.5, 0.6) is 0 Å². The van der Waals surface area contributed by atoms with Crippen molar-refractivity contribution in [2.45, 2.75) is 69.0 Å². The van der Waals surface area contributed by atoms with Crippen LogP contribution in [-0.2, 0) is 32.6 Å². The van der Waals surface area contributed by atoms with Crippen LogP contribution < -0.4 is 10.5 Å². The molecule has 60 heavy (non-hydrogen) atoms. The van der Waals surface area contributed by atoms with Gasteiger partial charge in [0.15, 0.2) is 0 Å². The third-order valence-electron chi connectivity index (χ3n) is 11.0. The van der Waals surface area contributed by atoms with E-state index in [0.717, 1.165) is 72.8 Å². The number of sulfonamides is 1. The molecular weight excluding hydrogens is 794 g/mol. The van der Waals surface area contributed by atoms with Crippen LogP contribution in [0.15, 0.2) is 114 Å². The zero-order chi connectivity index (χ0) is 43.1. The second kappa shape index (κ2) is 21.8. The topological polar surface area (TPSA) is 150 Å². The summed E-state index contributed by atoms with van der Waals surface area (Å²) >= 11 is 0. The number of carbonyl (C=O) groups excluding carboxylic acids is 2. The zero-order valence-corrected chi connectivity index (χ0v) is 34.3. The number of nitrogens with zero attached hydrogens (tertiary/aromatic N) is 2. The Balaban J connectivity index is 0.000000896. The number of nitrogens with two attached hydrogens (primary N) is 1. The van der Waals surface area contributed by atoms with E-state index < -0.39 is 22.2 Å². The maximum atomic E-state index is 13.7. The molecule has 0 atom stereocenters. The van der Waals surface area contributed by atoms with Crippen LogP contribution >= 0.6 is 0 Å². The van der Waals surface area contributed by atoms with Crippen LogP contribution in [0, 0.1) is 11.8 Å². The molecule has 2 fully saturated rings. The summed E-state index contributed by atoms with van der Waals surface area (Å²) in [6, 6.07) is 32.2. The monoisotopic (exact) mass is 846 g/mol. The van der Waals surface area contributed by atoms with Crippen molar-refractivity contribution >= 4 is 33.9 Å². The average molecular weight is 847 g/mol. The molecule has 2 aliphatic heterocycles. The number of amides is 2. The number of nitrogens with one attached hydrogen (secondary N) is 1. The number of rotatable bonds is 14. The van der Waals surface area contributed by atoms with Gasteiger partial charge in [-0.25, -0.2) is 18.4 Å². The lowest BCUT2D eigenvalue weighted by atomic mass is 9.87. The van der Waals surface area contributed by atoms with Gasteiger partial charge in [-0.2, -0.15) is 13.2 Å². The molecule has 10 nitrogen and oxygen atoms in total. The summed E-state index contributed by atoms with van der Waals surface area (Å²) in [7, 11) is -3.78. The molecule has 2 amide bonds. The van der Waals surface area contributed by atoms with Crippen LogP contribution in [0.2, 0.25) is 0 Å². The van der Waals surface area contributed by atoms with E-state index in [2.05, 4.69) is 11.4 Å². The van der Waals surface area contributed by atoms with Gasteiger partial charge in [0.25, 0.3) is 5.91 Å². The lowest BCUT2D eigenvalue weighted by Gasteiger charge is -2.32. The first-order valence-corrected chi connectivity index (χ1v) is 21.8. The largest absolute Gasteiger partial charge is 0.490 e. The molecule has 2 heterocycles. The number of carbonyl (C=O) groups is 3. The van der Waals surface area contributed by atoms with E-state index in [-0.39, 0.29) is 16.7 Å². The van der Waals surface area contributed by atoms with Crippen molar-refractivity contribution in [2.24, 2.45) is 17.0 Å². The van der Waals surface area contributed by atoms with Gasteiger partial charge >= 0.3 is 12.1 Å². The Morgan fingerprint density at radius 1 is 0.800 bits per heavy atom. The fourth-order valence-electron chi connectivity index (χ4n) is 7.59. The lowest BCUT2D eigenvalue weighted by Crippen LogP contribution is -2.38. The van der Waals surface area contributed by atoms with Gasteiger partial charge < -0.3 is 20.2 Å². The van der Waals surface area contributed by atoms with Gasteiger partial charge in [0.05, 0.1) is 4.90 Å². The van der Waals surface area contributed by atoms with Gasteiger partial charge in [-0.3, -0.25) is 9.59 Å². The molecule has 2 aliphatic rings. The first-order chi connectivity index (χ1) is 28.7. The highest BCUT2D eigenvalue weighted by Crippen LogP contribution is 2.28. The number of likely N-dealkylation sites (tertiary alicyclic amines) is 1. The summed E-state index contributed by atoms with van der Waals surface area (Å²) < 4.78 is 55.2. The third kappa shape index (κ3) is 14.5. The minimum atomic E-state index is -5.08. The second-order valence-electron chi connectivity index (χ2n) is 15.4. The molecule has 4 aromatic rings. The van der Waals surface area contributed by atoms with Gasteiger partial charge in [-0.05, 0) is 121 Å². The number of piperidine rings is 2. The summed E-state index contributed by atoms with van der Waals surface area (Å²) in [6.45, 7) is 4.76. The normalized spacial score (nSPS) is 15.3. The molecule has 4 N–H and O–H groups in total. The SMILES string of the molecule is NS(=O)(=O)c1ccc(CCN(Cc2cccc(-c3cccc(C(=O)N4CCC(CCCC5CCNCC5)CC4)c3)c2)C(=O)C=Cc2ccccc2)cc1.O=C(O)C(F)(F)F. The maximum Gasteiger partial charge on any atom is 0.490 e. The van der Waals surface area contributed by atoms with Gasteiger partial charge in [0, 0.05) is 37.8 Å². The summed E-state index contributed by atoms with van der Waals surface area (Å²) in [5, 5.41) is 15.9. The standard InChI is InChI=1S/C44H52N4O4S.C2HF3O2/c45-53(51,52)42-18-15-37(16-19-42)25-30-48(43(49)20-17-34-7-2-1-3-8-34)33-38-11-5-12-39(31-38)40-13-6-14-41(32-40)44(50)47-28-23-36(24-29-47)10-4-9-35-21-26-46-27-22-35;3-2(4,5)1(6)7/h1-3,5-8,11-20,31-32,35-36,46H,4,9-10,21-30,33H2,(H2,45,51,52);(H,6,7). The third-order valence-corrected chi connectivity index (χ3v) is 12.0. The van der Waals surface area contributed by atoms with E-state index in [1.807, 2.05) is 83.8 Å². The van der Waals surface area contributed by atoms with Gasteiger partial charge in [0.2, 0.25) is 15.9 Å². The minimum Gasteiger partial charge on any atom is -0.475 e. The highest BCUT2D eigenvalue weighted by Gasteiger charge is 2.38. The van der Waals surface area contributed by atoms with Crippen LogP contribution in [0.1, 0.15) is 72.0 Å². The molecule has 0 bridgehead atoms. The maximum absolute atomic E-state index is 13.7. The highest BCUT2D eigenvalue weighted by molar-refractivity contribution is 7.89. The smallest absolute Gasteiger partial charge is 0.475 e. The Labute approximate surface area is 350 Å². The predicted octanol–water partition coefficient (Wildman–Crippen LogP) is 7.94. The molecule has 0 unspecified atom stereocenters. The van der Waals surface area contributed by atoms with Crippen molar-refractivity contribution in [1.82, 2.24) is 15.1 Å². The number of benzene rings is 4.